The summed E-state index contributed by atoms with van der Waals surface area (Å²) in [7, 11) is -3.81. The van der Waals surface area contributed by atoms with Crippen LogP contribution in [0.15, 0.2) is 24.3 Å². The van der Waals surface area contributed by atoms with E-state index in [0.717, 1.165) is 0 Å². The molecule has 0 aliphatic carbocycles. The highest BCUT2D eigenvalue weighted by molar-refractivity contribution is 7.62. The Bertz CT molecular complexity index is 476. The Morgan fingerprint density at radius 2 is 1.80 bits per heavy atom. The number of benzene rings is 1. The first kappa shape index (κ1) is 16.8. The lowest BCUT2D eigenvalue weighted by molar-refractivity contribution is -0.260. The Kier molecular flexibility index (Phi) is 6.84. The van der Waals surface area contributed by atoms with Gasteiger partial charge in [-0.2, -0.15) is 0 Å². The molecule has 1 aromatic rings. The smallest absolute Gasteiger partial charge is 0.414 e. The van der Waals surface area contributed by atoms with E-state index in [0.29, 0.717) is 5.56 Å². The molecule has 8 heteroatoms. The van der Waals surface area contributed by atoms with Gasteiger partial charge < -0.3 is 5.11 Å². The third-order valence-corrected chi connectivity index (χ3v) is 3.63. The average Bonchev–Trinajstić information content (AvgIpc) is 2.42. The van der Waals surface area contributed by atoms with Gasteiger partial charge in [0.25, 0.3) is 0 Å². The van der Waals surface area contributed by atoms with E-state index in [2.05, 4.69) is 9.78 Å². The Labute approximate surface area is 116 Å². The molecule has 0 saturated heterocycles. The van der Waals surface area contributed by atoms with Crippen molar-refractivity contribution in [1.82, 2.24) is 0 Å². The molecule has 1 N–H and O–H groups in total. The Morgan fingerprint density at radius 1 is 1.20 bits per heavy atom. The zero-order valence-electron chi connectivity index (χ0n) is 11.3. The fraction of sp³-hybridized carbons (Fsp3) is 0.417. The van der Waals surface area contributed by atoms with E-state index in [1.54, 1.807) is 26.0 Å². The summed E-state index contributed by atoms with van der Waals surface area (Å²) in [5.74, 6) is -0.992. The van der Waals surface area contributed by atoms with Crippen LogP contribution >= 0.6 is 7.60 Å². The van der Waals surface area contributed by atoms with Crippen molar-refractivity contribution in [2.45, 2.75) is 20.3 Å². The lowest BCUT2D eigenvalue weighted by atomic mass is 10.2. The van der Waals surface area contributed by atoms with Crippen molar-refractivity contribution < 1.29 is 33.6 Å². The van der Waals surface area contributed by atoms with Crippen LogP contribution in [0.4, 0.5) is 0 Å². The van der Waals surface area contributed by atoms with Gasteiger partial charge in [-0.15, -0.1) is 9.35 Å². The normalized spacial score (nSPS) is 11.5. The van der Waals surface area contributed by atoms with Crippen molar-refractivity contribution in [3.05, 3.63) is 29.8 Å². The Hall–Kier alpha value is -1.24. The van der Waals surface area contributed by atoms with Crippen LogP contribution in [-0.2, 0) is 34.9 Å². The molecule has 0 atom stereocenters. The molecule has 112 valence electrons. The van der Waals surface area contributed by atoms with Gasteiger partial charge in [0.2, 0.25) is 0 Å². The molecular formula is C12H17O7P. The Morgan fingerprint density at radius 3 is 2.30 bits per heavy atom. The molecule has 0 aliphatic heterocycles. The maximum absolute atomic E-state index is 12.5. The molecule has 0 saturated carbocycles. The van der Waals surface area contributed by atoms with E-state index < -0.39 is 13.6 Å². The minimum Gasteiger partial charge on any atom is -0.481 e. The third kappa shape index (κ3) is 5.03. The van der Waals surface area contributed by atoms with Crippen molar-refractivity contribution in [3.8, 4) is 0 Å². The maximum atomic E-state index is 12.5. The van der Waals surface area contributed by atoms with Crippen LogP contribution in [0.5, 0.6) is 0 Å². The van der Waals surface area contributed by atoms with Gasteiger partial charge in [-0.05, 0) is 31.5 Å². The highest BCUT2D eigenvalue weighted by atomic mass is 31.2. The second-order valence-electron chi connectivity index (χ2n) is 3.70. The predicted octanol–water partition coefficient (Wildman–Crippen LogP) is 2.07. The topological polar surface area (TPSA) is 91.3 Å². The predicted molar refractivity (Wildman–Crippen MR) is 70.4 cm³/mol. The molecule has 0 unspecified atom stereocenters. The fourth-order valence-electron chi connectivity index (χ4n) is 1.35. The average molecular weight is 304 g/mol. The van der Waals surface area contributed by atoms with Gasteiger partial charge in [0.05, 0.1) is 24.9 Å². The first-order valence-electron chi connectivity index (χ1n) is 6.05. The van der Waals surface area contributed by atoms with Crippen LogP contribution in [0, 0.1) is 0 Å². The van der Waals surface area contributed by atoms with Crippen molar-refractivity contribution in [3.63, 3.8) is 0 Å². The van der Waals surface area contributed by atoms with Crippen molar-refractivity contribution >= 4 is 18.9 Å². The van der Waals surface area contributed by atoms with Crippen molar-refractivity contribution in [2.75, 3.05) is 13.2 Å². The minimum atomic E-state index is -3.81. The van der Waals surface area contributed by atoms with Crippen LogP contribution in [-0.4, -0.2) is 24.3 Å². The van der Waals surface area contributed by atoms with Crippen molar-refractivity contribution in [2.24, 2.45) is 0 Å². The third-order valence-electron chi connectivity index (χ3n) is 2.12. The number of rotatable bonds is 9. The van der Waals surface area contributed by atoms with Gasteiger partial charge in [0.15, 0.2) is 0 Å². The summed E-state index contributed by atoms with van der Waals surface area (Å²) in [6.07, 6.45) is -0.197. The quantitative estimate of drug-likeness (QED) is 0.424. The summed E-state index contributed by atoms with van der Waals surface area (Å²) in [5, 5.41) is 8.93. The molecule has 0 radical (unpaired) electrons. The molecule has 0 bridgehead atoms. The molecule has 0 aromatic heterocycles. The number of carbonyl (C=O) groups is 1. The summed E-state index contributed by atoms with van der Waals surface area (Å²) in [4.78, 5) is 20.1. The molecular weight excluding hydrogens is 287 g/mol. The summed E-state index contributed by atoms with van der Waals surface area (Å²) in [6.45, 7) is 3.67. The molecule has 20 heavy (non-hydrogen) atoms. The summed E-state index contributed by atoms with van der Waals surface area (Å²) >= 11 is 0. The van der Waals surface area contributed by atoms with E-state index in [1.165, 1.54) is 12.1 Å². The first-order chi connectivity index (χ1) is 9.51. The van der Waals surface area contributed by atoms with E-state index in [-0.39, 0.29) is 24.9 Å². The van der Waals surface area contributed by atoms with Crippen molar-refractivity contribution in [1.29, 1.82) is 0 Å². The summed E-state index contributed by atoms with van der Waals surface area (Å²) in [6, 6.07) is 6.07. The molecule has 0 heterocycles. The number of carboxylic acid groups (broad SMARTS) is 1. The number of hydrogen-bond donors (Lipinski definition) is 1. The summed E-state index contributed by atoms with van der Waals surface area (Å²) in [5.41, 5.74) is 0.468. The van der Waals surface area contributed by atoms with Gasteiger partial charge >= 0.3 is 13.6 Å². The SMILES string of the molecule is CCOOP(=O)(OOCC)c1cccc(CC(=O)O)c1. The highest BCUT2D eigenvalue weighted by Crippen LogP contribution is 2.47. The zero-order valence-corrected chi connectivity index (χ0v) is 12.2. The molecule has 0 aliphatic rings. The maximum Gasteiger partial charge on any atom is 0.414 e. The number of hydrogen-bond acceptors (Lipinski definition) is 6. The van der Waals surface area contributed by atoms with Gasteiger partial charge in [-0.1, -0.05) is 12.1 Å². The lowest BCUT2D eigenvalue weighted by Crippen LogP contribution is -2.13. The van der Waals surface area contributed by atoms with E-state index in [9.17, 15) is 9.36 Å². The summed E-state index contributed by atoms with van der Waals surface area (Å²) < 4.78 is 22.1. The fourth-order valence-corrected chi connectivity index (χ4v) is 2.63. The van der Waals surface area contributed by atoms with E-state index in [1.807, 2.05) is 0 Å². The van der Waals surface area contributed by atoms with Crippen LogP contribution in [0.2, 0.25) is 0 Å². The molecule has 0 spiro atoms. The van der Waals surface area contributed by atoms with Crippen LogP contribution in [0.1, 0.15) is 19.4 Å². The van der Waals surface area contributed by atoms with Crippen LogP contribution < -0.4 is 5.30 Å². The molecule has 7 nitrogen and oxygen atoms in total. The largest absolute Gasteiger partial charge is 0.481 e. The van der Waals surface area contributed by atoms with E-state index >= 15 is 0 Å². The van der Waals surface area contributed by atoms with Crippen LogP contribution in [0.25, 0.3) is 0 Å². The molecule has 1 aromatic carbocycles. The van der Waals surface area contributed by atoms with Gasteiger partial charge in [0.1, 0.15) is 0 Å². The van der Waals surface area contributed by atoms with Crippen LogP contribution in [0.3, 0.4) is 0 Å². The monoisotopic (exact) mass is 304 g/mol. The van der Waals surface area contributed by atoms with Gasteiger partial charge in [0, 0.05) is 0 Å². The second kappa shape index (κ2) is 8.14. The molecule has 0 fully saturated rings. The standard InChI is InChI=1S/C12H17O7P/c1-3-16-18-20(15,19-17-4-2)11-7-5-6-10(8-11)9-12(13)14/h5-8H,3-4,9H2,1-2H3,(H,13,14). The van der Waals surface area contributed by atoms with Gasteiger partial charge in [-0.3, -0.25) is 4.79 Å². The lowest BCUT2D eigenvalue weighted by Gasteiger charge is -2.16. The first-order valence-corrected chi connectivity index (χ1v) is 7.60. The minimum absolute atomic E-state index is 0.165. The highest BCUT2D eigenvalue weighted by Gasteiger charge is 2.31. The number of carboxylic acids is 1. The molecule has 1 rings (SSSR count). The second-order valence-corrected chi connectivity index (χ2v) is 5.51. The zero-order chi connectivity index (χ0) is 15.0. The Balaban J connectivity index is 3.00. The van der Waals surface area contributed by atoms with Gasteiger partial charge in [-0.25, -0.2) is 14.3 Å². The van der Waals surface area contributed by atoms with E-state index in [4.69, 9.17) is 14.5 Å². The molecule has 0 amide bonds. The number of aliphatic carboxylic acids is 1.